The van der Waals surface area contributed by atoms with Gasteiger partial charge < -0.3 is 24.2 Å². The van der Waals surface area contributed by atoms with Gasteiger partial charge >= 0.3 is 0 Å². The molecule has 0 atom stereocenters. The molecule has 8 heteroatoms. The fourth-order valence-electron chi connectivity index (χ4n) is 6.08. The van der Waals surface area contributed by atoms with Gasteiger partial charge in [0.15, 0.2) is 0 Å². The molecule has 0 unspecified atom stereocenters. The van der Waals surface area contributed by atoms with Crippen LogP contribution < -0.4 is 20.7 Å². The number of halogens is 1. The first-order chi connectivity index (χ1) is 24.6. The minimum absolute atomic E-state index is 0.0162. The maximum atomic E-state index is 9.31. The second-order valence-electron chi connectivity index (χ2n) is 14.8. The van der Waals surface area contributed by atoms with Crippen molar-refractivity contribution in [2.24, 2.45) is 0 Å². The standard InChI is InChI=1S/C20H25BrOSi.C20H26O2Si.C4H8O2/c2*1-17(15-21)16-22-23(20(2,3)4,18-11-7-5-8-12-18)19-13-9-6-10-14-19;1-4(2-5)3-6/h5-14H,1,15-16H2,2-4H3;5-14,21H,1,15-16H2,2-4H3;5-6H,1-3H2. The van der Waals surface area contributed by atoms with Crippen LogP contribution in [0.3, 0.4) is 0 Å². The normalized spacial score (nSPS) is 11.7. The number of hydrogen-bond acceptors (Lipinski definition) is 5. The van der Waals surface area contributed by atoms with E-state index in [1.807, 2.05) is 12.1 Å². The number of rotatable bonds is 14. The van der Waals surface area contributed by atoms with Crippen molar-refractivity contribution in [3.63, 3.8) is 0 Å². The van der Waals surface area contributed by atoms with E-state index in [4.69, 9.17) is 19.1 Å². The largest absolute Gasteiger partial charge is 0.403 e. The van der Waals surface area contributed by atoms with Crippen LogP contribution in [0.4, 0.5) is 0 Å². The Kier molecular flexibility index (Phi) is 18.6. The molecule has 4 rings (SSSR count). The van der Waals surface area contributed by atoms with Gasteiger partial charge in [0.2, 0.25) is 0 Å². The number of aliphatic hydroxyl groups excluding tert-OH is 3. The average molecular weight is 804 g/mol. The Balaban J connectivity index is 0.000000312. The average Bonchev–Trinajstić information content (AvgIpc) is 3.16. The second kappa shape index (κ2) is 21.5. The summed E-state index contributed by atoms with van der Waals surface area (Å²) in [5.74, 6) is 0. The van der Waals surface area contributed by atoms with E-state index in [9.17, 15) is 5.11 Å². The highest BCUT2D eigenvalue weighted by Gasteiger charge is 2.51. The molecule has 0 spiro atoms. The maximum Gasteiger partial charge on any atom is 0.261 e. The van der Waals surface area contributed by atoms with E-state index < -0.39 is 16.6 Å². The Hall–Kier alpha value is -3.19. The van der Waals surface area contributed by atoms with Crippen LogP contribution in [0.1, 0.15) is 41.5 Å². The summed E-state index contributed by atoms with van der Waals surface area (Å²) in [5.41, 5.74) is 2.23. The lowest BCUT2D eigenvalue weighted by Gasteiger charge is -2.43. The molecule has 0 saturated carbocycles. The van der Waals surface area contributed by atoms with E-state index in [0.717, 1.165) is 10.9 Å². The Morgan fingerprint density at radius 1 is 0.481 bits per heavy atom. The number of hydrogen-bond donors (Lipinski definition) is 3. The van der Waals surface area contributed by atoms with Crippen LogP contribution in [0.25, 0.3) is 0 Å². The molecule has 52 heavy (non-hydrogen) atoms. The van der Waals surface area contributed by atoms with Crippen LogP contribution in [0.15, 0.2) is 158 Å². The molecule has 0 radical (unpaired) electrons. The van der Waals surface area contributed by atoms with Gasteiger partial charge in [-0.15, -0.1) is 0 Å². The third kappa shape index (κ3) is 11.9. The van der Waals surface area contributed by atoms with Crippen molar-refractivity contribution in [3.8, 4) is 0 Å². The van der Waals surface area contributed by atoms with Gasteiger partial charge in [-0.1, -0.05) is 199 Å². The van der Waals surface area contributed by atoms with Crippen molar-refractivity contribution in [3.05, 3.63) is 158 Å². The summed E-state index contributed by atoms with van der Waals surface area (Å²) in [5, 5.41) is 31.3. The van der Waals surface area contributed by atoms with E-state index in [2.05, 4.69) is 186 Å². The van der Waals surface area contributed by atoms with Crippen molar-refractivity contribution >= 4 is 53.3 Å². The van der Waals surface area contributed by atoms with E-state index in [1.54, 1.807) is 0 Å². The molecule has 0 heterocycles. The molecule has 0 bridgehead atoms. The summed E-state index contributed by atoms with van der Waals surface area (Å²) in [4.78, 5) is 0. The SMILES string of the molecule is C=C(CBr)CO[Si](c1ccccc1)(c1ccccc1)C(C)(C)C.C=C(CO)CO.C=C(CO)CO[Si](c1ccccc1)(c1ccccc1)C(C)(C)C. The fourth-order valence-corrected chi connectivity index (χ4v) is 15.4. The third-order valence-electron chi connectivity index (χ3n) is 8.68. The van der Waals surface area contributed by atoms with Crippen LogP contribution in [-0.2, 0) is 8.85 Å². The first kappa shape index (κ1) is 45.0. The lowest BCUT2D eigenvalue weighted by atomic mass is 10.2. The number of alkyl halides is 1. The molecule has 0 aromatic heterocycles. The Labute approximate surface area is 323 Å². The first-order valence-corrected chi connectivity index (χ1v) is 22.5. The number of aliphatic hydroxyl groups is 3. The molecule has 4 aromatic rings. The predicted molar refractivity (Wildman–Crippen MR) is 230 cm³/mol. The molecule has 3 N–H and O–H groups in total. The van der Waals surface area contributed by atoms with Crippen LogP contribution in [0.5, 0.6) is 0 Å². The van der Waals surface area contributed by atoms with E-state index in [0.29, 0.717) is 24.4 Å². The highest BCUT2D eigenvalue weighted by Crippen LogP contribution is 2.38. The van der Waals surface area contributed by atoms with Gasteiger partial charge in [-0.3, -0.25) is 0 Å². The minimum Gasteiger partial charge on any atom is -0.403 e. The Bertz CT molecular complexity index is 1430. The molecule has 0 saturated heterocycles. The molecule has 0 aliphatic heterocycles. The molecular formula is C44H59BrO5Si2. The van der Waals surface area contributed by atoms with Gasteiger partial charge in [-0.25, -0.2) is 0 Å². The first-order valence-electron chi connectivity index (χ1n) is 17.5. The van der Waals surface area contributed by atoms with Gasteiger partial charge in [-0.2, -0.15) is 0 Å². The Morgan fingerprint density at radius 3 is 0.923 bits per heavy atom. The van der Waals surface area contributed by atoms with Gasteiger partial charge in [0.25, 0.3) is 16.6 Å². The highest BCUT2D eigenvalue weighted by molar-refractivity contribution is 9.09. The van der Waals surface area contributed by atoms with Crippen molar-refractivity contribution in [2.45, 2.75) is 51.6 Å². The van der Waals surface area contributed by atoms with Crippen molar-refractivity contribution in [1.29, 1.82) is 0 Å². The zero-order valence-electron chi connectivity index (χ0n) is 31.9. The summed E-state index contributed by atoms with van der Waals surface area (Å²) >= 11 is 3.48. The van der Waals surface area contributed by atoms with Gasteiger partial charge in [0.05, 0.1) is 33.0 Å². The summed E-state index contributed by atoms with van der Waals surface area (Å²) in [7, 11) is -4.91. The zero-order chi connectivity index (χ0) is 38.8. The monoisotopic (exact) mass is 802 g/mol. The van der Waals surface area contributed by atoms with Gasteiger partial charge in [-0.05, 0) is 47.5 Å². The molecule has 0 fully saturated rings. The van der Waals surface area contributed by atoms with Crippen LogP contribution >= 0.6 is 15.9 Å². The molecule has 0 aliphatic rings. The van der Waals surface area contributed by atoms with E-state index >= 15 is 0 Å². The summed E-state index contributed by atoms with van der Waals surface area (Å²) in [6.07, 6.45) is 0. The van der Waals surface area contributed by atoms with E-state index in [1.165, 1.54) is 20.7 Å². The summed E-state index contributed by atoms with van der Waals surface area (Å²) in [6.45, 7) is 25.5. The lowest BCUT2D eigenvalue weighted by molar-refractivity contribution is 0.277. The van der Waals surface area contributed by atoms with Gasteiger partial charge in [0, 0.05) is 5.33 Å². The minimum atomic E-state index is -2.50. The van der Waals surface area contributed by atoms with Crippen LogP contribution in [-0.4, -0.2) is 70.3 Å². The molecule has 4 aromatic carbocycles. The molecule has 5 nitrogen and oxygen atoms in total. The topological polar surface area (TPSA) is 79.2 Å². The highest BCUT2D eigenvalue weighted by atomic mass is 79.9. The third-order valence-corrected chi connectivity index (χ3v) is 19.4. The van der Waals surface area contributed by atoms with E-state index in [-0.39, 0.29) is 29.9 Å². The second-order valence-corrected chi connectivity index (χ2v) is 23.9. The predicted octanol–water partition coefficient (Wildman–Crippen LogP) is 7.15. The van der Waals surface area contributed by atoms with Crippen molar-refractivity contribution in [2.75, 3.05) is 38.4 Å². The molecule has 0 aliphatic carbocycles. The van der Waals surface area contributed by atoms with Gasteiger partial charge in [0.1, 0.15) is 0 Å². The molecule has 0 amide bonds. The smallest absolute Gasteiger partial charge is 0.261 e. The Morgan fingerprint density at radius 2 is 0.731 bits per heavy atom. The van der Waals surface area contributed by atoms with Crippen molar-refractivity contribution in [1.82, 2.24) is 0 Å². The van der Waals surface area contributed by atoms with Crippen LogP contribution in [0, 0.1) is 0 Å². The lowest BCUT2D eigenvalue weighted by Crippen LogP contribution is -2.66. The quantitative estimate of drug-likeness (QED) is 0.0718. The van der Waals surface area contributed by atoms with Crippen LogP contribution in [0.2, 0.25) is 10.1 Å². The molecule has 280 valence electrons. The molecular weight excluding hydrogens is 745 g/mol. The van der Waals surface area contributed by atoms with Crippen molar-refractivity contribution < 1.29 is 24.2 Å². The summed E-state index contributed by atoms with van der Waals surface area (Å²) in [6, 6.07) is 42.3. The zero-order valence-corrected chi connectivity index (χ0v) is 35.5. The number of benzene rings is 4. The summed E-state index contributed by atoms with van der Waals surface area (Å²) < 4.78 is 13.3. The maximum absolute atomic E-state index is 9.31. The fraction of sp³-hybridized carbons (Fsp3) is 0.318.